The van der Waals surface area contributed by atoms with Crippen molar-refractivity contribution in [2.24, 2.45) is 4.99 Å². The zero-order valence-electron chi connectivity index (χ0n) is 7.56. The van der Waals surface area contributed by atoms with E-state index in [4.69, 9.17) is 0 Å². The molecule has 64 valence electrons. The van der Waals surface area contributed by atoms with E-state index < -0.39 is 0 Å². The molecule has 0 aromatic heterocycles. The van der Waals surface area contributed by atoms with E-state index >= 15 is 0 Å². The summed E-state index contributed by atoms with van der Waals surface area (Å²) in [4.78, 5) is 3.68. The fraction of sp³-hybridized carbons (Fsp3) is 0.667. The van der Waals surface area contributed by atoms with Gasteiger partial charge in [0.2, 0.25) is 0 Å². The Balaban J connectivity index is 3.23. The zero-order chi connectivity index (χ0) is 8.53. The van der Waals surface area contributed by atoms with Gasteiger partial charge in [-0.15, -0.1) is 0 Å². The number of nitrogens with one attached hydrogen (secondary N) is 1. The number of aliphatic imine (C=N–C) groups is 1. The minimum Gasteiger partial charge on any atom is -0.313 e. The fourth-order valence-corrected chi connectivity index (χ4v) is 0.789. The van der Waals surface area contributed by atoms with Gasteiger partial charge < -0.3 is 5.32 Å². The summed E-state index contributed by atoms with van der Waals surface area (Å²) in [5.74, 6) is 0. The summed E-state index contributed by atoms with van der Waals surface area (Å²) in [6.45, 7) is 9.66. The second-order valence-corrected chi connectivity index (χ2v) is 2.69. The molecule has 0 heterocycles. The summed E-state index contributed by atoms with van der Waals surface area (Å²) in [5, 5.41) is 3.31. The van der Waals surface area contributed by atoms with E-state index in [0.717, 1.165) is 13.1 Å². The average Bonchev–Trinajstić information content (AvgIpc) is 1.99. The third-order valence-electron chi connectivity index (χ3n) is 1.42. The molecule has 0 bridgehead atoms. The van der Waals surface area contributed by atoms with Crippen molar-refractivity contribution in [3.8, 4) is 0 Å². The average molecular weight is 154 g/mol. The lowest BCUT2D eigenvalue weighted by Gasteiger charge is -2.01. The normalized spacial score (nSPS) is 11.6. The van der Waals surface area contributed by atoms with Crippen molar-refractivity contribution < 1.29 is 0 Å². The Morgan fingerprint density at radius 3 is 2.91 bits per heavy atom. The van der Waals surface area contributed by atoms with Gasteiger partial charge in [-0.1, -0.05) is 13.3 Å². The highest BCUT2D eigenvalue weighted by Gasteiger charge is 1.87. The van der Waals surface area contributed by atoms with E-state index in [9.17, 15) is 0 Å². The molecule has 0 unspecified atom stereocenters. The lowest BCUT2D eigenvalue weighted by molar-refractivity contribution is 0.670. The molecule has 0 saturated heterocycles. The van der Waals surface area contributed by atoms with E-state index in [1.165, 1.54) is 18.4 Å². The van der Waals surface area contributed by atoms with Crippen molar-refractivity contribution in [1.29, 1.82) is 0 Å². The van der Waals surface area contributed by atoms with E-state index in [1.54, 1.807) is 6.20 Å². The molecule has 0 saturated carbocycles. The molecule has 0 spiro atoms. The van der Waals surface area contributed by atoms with Crippen LogP contribution in [0, 0.1) is 0 Å². The van der Waals surface area contributed by atoms with Crippen LogP contribution in [0.1, 0.15) is 26.7 Å². The van der Waals surface area contributed by atoms with Gasteiger partial charge in [-0.2, -0.15) is 0 Å². The monoisotopic (exact) mass is 154 g/mol. The summed E-state index contributed by atoms with van der Waals surface area (Å²) in [6, 6.07) is 0. The minimum absolute atomic E-state index is 0.930. The van der Waals surface area contributed by atoms with Gasteiger partial charge in [0.05, 0.1) is 0 Å². The summed E-state index contributed by atoms with van der Waals surface area (Å²) < 4.78 is 0. The molecule has 0 aromatic rings. The van der Waals surface area contributed by atoms with Crippen LogP contribution in [0.15, 0.2) is 16.8 Å². The summed E-state index contributed by atoms with van der Waals surface area (Å²) in [6.07, 6.45) is 4.28. The van der Waals surface area contributed by atoms with Gasteiger partial charge in [-0.3, -0.25) is 4.99 Å². The topological polar surface area (TPSA) is 24.4 Å². The Morgan fingerprint density at radius 1 is 1.64 bits per heavy atom. The molecule has 0 radical (unpaired) electrons. The van der Waals surface area contributed by atoms with Gasteiger partial charge in [0.15, 0.2) is 0 Å². The zero-order valence-corrected chi connectivity index (χ0v) is 7.56. The van der Waals surface area contributed by atoms with Crippen LogP contribution in [-0.2, 0) is 0 Å². The van der Waals surface area contributed by atoms with E-state index in [1.807, 2.05) is 6.92 Å². The second-order valence-electron chi connectivity index (χ2n) is 2.69. The highest BCUT2D eigenvalue weighted by atomic mass is 14.8. The quantitative estimate of drug-likeness (QED) is 0.459. The Morgan fingerprint density at radius 2 is 2.36 bits per heavy atom. The molecule has 0 amide bonds. The Bertz CT molecular complexity index is 128. The first-order chi connectivity index (χ1) is 5.31. The third-order valence-corrected chi connectivity index (χ3v) is 1.42. The van der Waals surface area contributed by atoms with Crippen LogP contribution in [0.2, 0.25) is 0 Å². The summed E-state index contributed by atoms with van der Waals surface area (Å²) in [7, 11) is 0. The van der Waals surface area contributed by atoms with Crippen molar-refractivity contribution >= 4 is 6.72 Å². The first kappa shape index (κ1) is 10.4. The summed E-state index contributed by atoms with van der Waals surface area (Å²) >= 11 is 0. The third kappa shape index (κ3) is 7.26. The molecule has 0 fully saturated rings. The lowest BCUT2D eigenvalue weighted by Crippen LogP contribution is -2.17. The Hall–Kier alpha value is -0.630. The second kappa shape index (κ2) is 7.48. The van der Waals surface area contributed by atoms with Crippen LogP contribution >= 0.6 is 0 Å². The largest absolute Gasteiger partial charge is 0.313 e. The molecule has 2 nitrogen and oxygen atoms in total. The van der Waals surface area contributed by atoms with Gasteiger partial charge in [0, 0.05) is 12.7 Å². The molecule has 1 N–H and O–H groups in total. The van der Waals surface area contributed by atoms with Crippen molar-refractivity contribution in [2.45, 2.75) is 26.7 Å². The number of hydrogen-bond acceptors (Lipinski definition) is 2. The maximum Gasteiger partial charge on any atom is 0.0262 e. The van der Waals surface area contributed by atoms with Gasteiger partial charge in [-0.25, -0.2) is 0 Å². The highest BCUT2D eigenvalue weighted by Crippen LogP contribution is 1.90. The van der Waals surface area contributed by atoms with E-state index in [2.05, 4.69) is 24.0 Å². The molecule has 0 rings (SSSR count). The van der Waals surface area contributed by atoms with Crippen LogP contribution in [0.3, 0.4) is 0 Å². The maximum atomic E-state index is 3.68. The fourth-order valence-electron chi connectivity index (χ4n) is 0.789. The Kier molecular flexibility index (Phi) is 7.05. The van der Waals surface area contributed by atoms with Crippen LogP contribution in [0.25, 0.3) is 0 Å². The molecule has 11 heavy (non-hydrogen) atoms. The van der Waals surface area contributed by atoms with Gasteiger partial charge in [0.1, 0.15) is 0 Å². The van der Waals surface area contributed by atoms with Gasteiger partial charge in [-0.05, 0) is 32.2 Å². The van der Waals surface area contributed by atoms with E-state index in [0.29, 0.717) is 0 Å². The first-order valence-electron chi connectivity index (χ1n) is 4.13. The number of unbranched alkanes of at least 4 members (excludes halogenated alkanes) is 1. The lowest BCUT2D eigenvalue weighted by atomic mass is 10.3. The molecular weight excluding hydrogens is 136 g/mol. The highest BCUT2D eigenvalue weighted by molar-refractivity contribution is 5.26. The van der Waals surface area contributed by atoms with Crippen LogP contribution in [0.4, 0.5) is 0 Å². The Labute approximate surface area is 69.4 Å². The summed E-state index contributed by atoms with van der Waals surface area (Å²) in [5.41, 5.74) is 1.23. The van der Waals surface area contributed by atoms with Crippen molar-refractivity contribution in [3.05, 3.63) is 11.8 Å². The number of nitrogens with zero attached hydrogens (tertiary/aromatic N) is 1. The molecule has 0 aliphatic heterocycles. The SMILES string of the molecule is C=N/C=C(/C)CNCCCC. The maximum absolute atomic E-state index is 3.68. The van der Waals surface area contributed by atoms with Crippen molar-refractivity contribution in [1.82, 2.24) is 5.32 Å². The van der Waals surface area contributed by atoms with Crippen LogP contribution in [-0.4, -0.2) is 19.8 Å². The first-order valence-corrected chi connectivity index (χ1v) is 4.13. The predicted molar refractivity (Wildman–Crippen MR) is 51.1 cm³/mol. The molecule has 0 atom stereocenters. The van der Waals surface area contributed by atoms with Crippen molar-refractivity contribution in [3.63, 3.8) is 0 Å². The number of hydrogen-bond donors (Lipinski definition) is 1. The smallest absolute Gasteiger partial charge is 0.0262 e. The van der Waals surface area contributed by atoms with Gasteiger partial charge >= 0.3 is 0 Å². The van der Waals surface area contributed by atoms with Crippen molar-refractivity contribution in [2.75, 3.05) is 13.1 Å². The van der Waals surface area contributed by atoms with Gasteiger partial charge in [0.25, 0.3) is 0 Å². The van der Waals surface area contributed by atoms with Crippen LogP contribution in [0.5, 0.6) is 0 Å². The molecule has 0 aromatic carbocycles. The predicted octanol–water partition coefficient (Wildman–Crippen LogP) is 1.98. The minimum atomic E-state index is 0.930. The number of rotatable bonds is 6. The van der Waals surface area contributed by atoms with Crippen LogP contribution < -0.4 is 5.32 Å². The molecule has 0 aliphatic carbocycles. The molecule has 0 aliphatic rings. The van der Waals surface area contributed by atoms with E-state index in [-0.39, 0.29) is 0 Å². The molecule has 2 heteroatoms. The molecular formula is C9H18N2. The standard InChI is InChI=1S/C9H18N2/c1-4-5-6-11-8-9(2)7-10-3/h7,11H,3-6,8H2,1-2H3/b9-7-.